The van der Waals surface area contributed by atoms with Crippen LogP contribution in [-0.4, -0.2) is 69.1 Å². The summed E-state index contributed by atoms with van der Waals surface area (Å²) in [5, 5.41) is 48.7. The standard InChI is InChI=1S/C25H46O8/c1-2-3-4-5-6-7-8-9-10-11-12-13-14-15-16-32-23-22(30)24(31)33-25(23,21(29)19-27)17-20(28)18-26/h20-21,26-30H,2-19H2,1H3/t20?,21-,25+/m0/s1. The molecular formula is C25H46O8. The lowest BCUT2D eigenvalue weighted by Crippen LogP contribution is -2.50. The van der Waals surface area contributed by atoms with Crippen LogP contribution in [0.3, 0.4) is 0 Å². The van der Waals surface area contributed by atoms with E-state index in [1.807, 2.05) is 0 Å². The molecule has 0 saturated carbocycles. The van der Waals surface area contributed by atoms with Gasteiger partial charge in [-0.3, -0.25) is 0 Å². The molecule has 0 fully saturated rings. The first-order valence-corrected chi connectivity index (χ1v) is 12.8. The van der Waals surface area contributed by atoms with Crippen molar-refractivity contribution in [3.8, 4) is 0 Å². The van der Waals surface area contributed by atoms with Gasteiger partial charge in [0.1, 0.15) is 6.10 Å². The van der Waals surface area contributed by atoms with Crippen LogP contribution < -0.4 is 0 Å². The first-order chi connectivity index (χ1) is 15.9. The summed E-state index contributed by atoms with van der Waals surface area (Å²) in [5.74, 6) is -2.17. The van der Waals surface area contributed by atoms with Crippen molar-refractivity contribution in [1.82, 2.24) is 0 Å². The van der Waals surface area contributed by atoms with Gasteiger partial charge in [0.2, 0.25) is 11.4 Å². The average Bonchev–Trinajstić information content (AvgIpc) is 3.05. The van der Waals surface area contributed by atoms with Crippen molar-refractivity contribution in [2.75, 3.05) is 19.8 Å². The van der Waals surface area contributed by atoms with Gasteiger partial charge in [-0.25, -0.2) is 4.79 Å². The number of hydrogen-bond donors (Lipinski definition) is 5. The minimum Gasteiger partial charge on any atom is -0.499 e. The molecule has 0 amide bonds. The minimum atomic E-state index is -1.92. The fraction of sp³-hybridized carbons (Fsp3) is 0.880. The predicted octanol–water partition coefficient (Wildman–Crippen LogP) is 3.65. The number of cyclic esters (lactones) is 1. The minimum absolute atomic E-state index is 0.198. The number of unbranched alkanes of at least 4 members (excludes halogenated alkanes) is 13. The topological polar surface area (TPSA) is 137 Å². The van der Waals surface area contributed by atoms with Gasteiger partial charge < -0.3 is 35.0 Å². The number of carbonyl (C=O) groups excluding carboxylic acids is 1. The zero-order valence-electron chi connectivity index (χ0n) is 20.3. The lowest BCUT2D eigenvalue weighted by Gasteiger charge is -2.34. The van der Waals surface area contributed by atoms with Gasteiger partial charge in [0.15, 0.2) is 5.76 Å². The molecule has 0 saturated heterocycles. The SMILES string of the molecule is CCCCCCCCCCCCCCCCOC1=C(O)C(=O)O[C@]1(CC(O)CO)[C@@H](O)CO. The molecule has 8 heteroatoms. The highest BCUT2D eigenvalue weighted by molar-refractivity contribution is 5.90. The van der Waals surface area contributed by atoms with Crippen molar-refractivity contribution >= 4 is 5.97 Å². The maximum absolute atomic E-state index is 11.9. The molecule has 194 valence electrons. The average molecular weight is 475 g/mol. The molecule has 1 aliphatic heterocycles. The largest absolute Gasteiger partial charge is 0.499 e. The molecule has 0 spiro atoms. The summed E-state index contributed by atoms with van der Waals surface area (Å²) in [5.41, 5.74) is -1.92. The van der Waals surface area contributed by atoms with Crippen LogP contribution in [0.4, 0.5) is 0 Å². The van der Waals surface area contributed by atoms with Crippen LogP contribution in [0.5, 0.6) is 0 Å². The van der Waals surface area contributed by atoms with Crippen LogP contribution in [-0.2, 0) is 14.3 Å². The van der Waals surface area contributed by atoms with E-state index in [9.17, 15) is 25.2 Å². The quantitative estimate of drug-likeness (QED) is 0.126. The van der Waals surface area contributed by atoms with E-state index in [4.69, 9.17) is 14.6 Å². The van der Waals surface area contributed by atoms with Crippen LogP contribution in [0, 0.1) is 0 Å². The Morgan fingerprint density at radius 2 is 1.30 bits per heavy atom. The highest BCUT2D eigenvalue weighted by Crippen LogP contribution is 2.39. The summed E-state index contributed by atoms with van der Waals surface area (Å²) >= 11 is 0. The van der Waals surface area contributed by atoms with Gasteiger partial charge in [-0.2, -0.15) is 0 Å². The van der Waals surface area contributed by atoms with E-state index in [-0.39, 0.29) is 12.4 Å². The Bertz CT molecular complexity index is 565. The monoisotopic (exact) mass is 474 g/mol. The molecule has 0 bridgehead atoms. The van der Waals surface area contributed by atoms with Crippen molar-refractivity contribution in [1.29, 1.82) is 0 Å². The predicted molar refractivity (Wildman–Crippen MR) is 126 cm³/mol. The fourth-order valence-corrected chi connectivity index (χ4v) is 4.27. The van der Waals surface area contributed by atoms with E-state index >= 15 is 0 Å². The summed E-state index contributed by atoms with van der Waals surface area (Å²) in [6, 6.07) is 0. The molecule has 3 atom stereocenters. The Morgan fingerprint density at radius 3 is 1.76 bits per heavy atom. The first-order valence-electron chi connectivity index (χ1n) is 12.8. The molecule has 1 unspecified atom stereocenters. The molecule has 1 heterocycles. The number of aliphatic hydroxyl groups excluding tert-OH is 5. The van der Waals surface area contributed by atoms with Crippen molar-refractivity contribution < 1.29 is 39.8 Å². The second kappa shape index (κ2) is 17.1. The van der Waals surface area contributed by atoms with E-state index in [0.29, 0.717) is 6.42 Å². The third-order valence-electron chi connectivity index (χ3n) is 6.27. The highest BCUT2D eigenvalue weighted by Gasteiger charge is 2.55. The first kappa shape index (κ1) is 29.7. The van der Waals surface area contributed by atoms with Gasteiger partial charge in [0.05, 0.1) is 25.9 Å². The Labute approximate surface area is 198 Å². The fourth-order valence-electron chi connectivity index (χ4n) is 4.27. The van der Waals surface area contributed by atoms with Crippen molar-refractivity contribution in [3.05, 3.63) is 11.5 Å². The van der Waals surface area contributed by atoms with Gasteiger partial charge >= 0.3 is 5.97 Å². The molecule has 0 aromatic heterocycles. The molecule has 0 radical (unpaired) electrons. The third-order valence-corrected chi connectivity index (χ3v) is 6.27. The summed E-state index contributed by atoms with van der Waals surface area (Å²) in [4.78, 5) is 11.9. The summed E-state index contributed by atoms with van der Waals surface area (Å²) in [7, 11) is 0. The molecule has 1 aliphatic rings. The van der Waals surface area contributed by atoms with Gasteiger partial charge in [0.25, 0.3) is 0 Å². The van der Waals surface area contributed by atoms with E-state index in [1.165, 1.54) is 64.2 Å². The summed E-state index contributed by atoms with van der Waals surface area (Å²) in [6.07, 6.45) is 13.7. The maximum atomic E-state index is 11.9. The van der Waals surface area contributed by atoms with Crippen LogP contribution in [0.2, 0.25) is 0 Å². The number of carbonyl (C=O) groups is 1. The zero-order valence-corrected chi connectivity index (χ0v) is 20.3. The maximum Gasteiger partial charge on any atom is 0.378 e. The van der Waals surface area contributed by atoms with Crippen LogP contribution >= 0.6 is 0 Å². The number of hydrogen-bond acceptors (Lipinski definition) is 8. The Kier molecular flexibility index (Phi) is 15.4. The molecule has 1 rings (SSSR count). The summed E-state index contributed by atoms with van der Waals surface area (Å²) in [6.45, 7) is 1.03. The van der Waals surface area contributed by atoms with Crippen LogP contribution in [0.1, 0.15) is 103 Å². The number of ether oxygens (including phenoxy) is 2. The van der Waals surface area contributed by atoms with Gasteiger partial charge in [-0.15, -0.1) is 0 Å². The molecular weight excluding hydrogens is 428 g/mol. The van der Waals surface area contributed by atoms with Gasteiger partial charge in [-0.1, -0.05) is 90.4 Å². The Balaban J connectivity index is 2.26. The van der Waals surface area contributed by atoms with Crippen molar-refractivity contribution in [2.45, 2.75) is 121 Å². The lowest BCUT2D eigenvalue weighted by molar-refractivity contribution is -0.171. The van der Waals surface area contributed by atoms with E-state index in [2.05, 4.69) is 6.92 Å². The van der Waals surface area contributed by atoms with Crippen molar-refractivity contribution in [3.63, 3.8) is 0 Å². The second-order valence-electron chi connectivity index (χ2n) is 9.14. The van der Waals surface area contributed by atoms with Gasteiger partial charge in [0, 0.05) is 6.42 Å². The number of esters is 1. The zero-order chi connectivity index (χ0) is 24.5. The number of aliphatic hydroxyl groups is 5. The smallest absolute Gasteiger partial charge is 0.378 e. The van der Waals surface area contributed by atoms with Crippen LogP contribution in [0.25, 0.3) is 0 Å². The van der Waals surface area contributed by atoms with Crippen molar-refractivity contribution in [2.24, 2.45) is 0 Å². The summed E-state index contributed by atoms with van der Waals surface area (Å²) < 4.78 is 10.7. The normalized spacial score (nSPS) is 20.2. The third kappa shape index (κ3) is 10.2. The molecule has 8 nitrogen and oxygen atoms in total. The van der Waals surface area contributed by atoms with Gasteiger partial charge in [-0.05, 0) is 6.42 Å². The van der Waals surface area contributed by atoms with E-state index in [1.54, 1.807) is 0 Å². The molecule has 0 aromatic carbocycles. The van der Waals surface area contributed by atoms with Crippen LogP contribution in [0.15, 0.2) is 11.5 Å². The second-order valence-corrected chi connectivity index (χ2v) is 9.14. The number of rotatable bonds is 21. The molecule has 0 aromatic rings. The van der Waals surface area contributed by atoms with E-state index in [0.717, 1.165) is 19.3 Å². The highest BCUT2D eigenvalue weighted by atomic mass is 16.6. The molecule has 5 N–H and O–H groups in total. The Morgan fingerprint density at radius 1 is 0.818 bits per heavy atom. The lowest BCUT2D eigenvalue weighted by atomic mass is 9.88. The molecule has 33 heavy (non-hydrogen) atoms. The molecule has 0 aliphatic carbocycles. The Hall–Kier alpha value is -1.35. The van der Waals surface area contributed by atoms with E-state index < -0.39 is 49.2 Å².